The molecule has 19 heavy (non-hydrogen) atoms. The Morgan fingerprint density at radius 2 is 1.95 bits per heavy atom. The molecule has 2 aromatic rings. The zero-order valence-corrected chi connectivity index (χ0v) is 13.3. The number of halogens is 1. The molecule has 1 aromatic heterocycles. The Kier molecular flexibility index (Phi) is 4.77. The van der Waals surface area contributed by atoms with Gasteiger partial charge < -0.3 is 5.32 Å². The lowest BCUT2D eigenvalue weighted by molar-refractivity contribution is 0.0940. The fourth-order valence-corrected chi connectivity index (χ4v) is 3.04. The van der Waals surface area contributed by atoms with Crippen LogP contribution in [0, 0.1) is 6.92 Å². The Hall–Kier alpha value is -1.13. The van der Waals surface area contributed by atoms with Crippen molar-refractivity contribution in [1.29, 1.82) is 0 Å². The van der Waals surface area contributed by atoms with Gasteiger partial charge in [0, 0.05) is 20.6 Å². The van der Waals surface area contributed by atoms with Crippen molar-refractivity contribution >= 4 is 33.2 Å². The van der Waals surface area contributed by atoms with Crippen molar-refractivity contribution in [3.05, 3.63) is 57.3 Å². The molecule has 0 spiro atoms. The van der Waals surface area contributed by atoms with Crippen molar-refractivity contribution in [1.82, 2.24) is 5.32 Å². The Morgan fingerprint density at radius 3 is 2.47 bits per heavy atom. The van der Waals surface area contributed by atoms with Crippen molar-refractivity contribution in [2.24, 2.45) is 0 Å². The van der Waals surface area contributed by atoms with Crippen LogP contribution in [0.5, 0.6) is 0 Å². The third kappa shape index (κ3) is 3.67. The van der Waals surface area contributed by atoms with Gasteiger partial charge in [0.15, 0.2) is 0 Å². The predicted octanol–water partition coefficient (Wildman–Crippen LogP) is 4.44. The lowest BCUT2D eigenvalue weighted by atomic mass is 10.1. The van der Waals surface area contributed by atoms with E-state index < -0.39 is 0 Å². The Morgan fingerprint density at radius 1 is 1.26 bits per heavy atom. The van der Waals surface area contributed by atoms with Crippen molar-refractivity contribution in [2.45, 2.75) is 25.2 Å². The van der Waals surface area contributed by atoms with Gasteiger partial charge in [0.1, 0.15) is 0 Å². The van der Waals surface area contributed by atoms with E-state index in [1.54, 1.807) is 11.3 Å². The maximum absolute atomic E-state index is 12.1. The Labute approximate surface area is 126 Å². The Bertz CT molecular complexity index is 562. The molecule has 0 radical (unpaired) electrons. The molecule has 1 aromatic carbocycles. The van der Waals surface area contributed by atoms with E-state index in [0.29, 0.717) is 5.56 Å². The number of benzene rings is 1. The maximum Gasteiger partial charge on any atom is 0.251 e. The molecule has 0 bridgehead atoms. The molecule has 1 heterocycles. The number of rotatable bonds is 4. The van der Waals surface area contributed by atoms with Crippen LogP contribution in [0.4, 0.5) is 0 Å². The first-order chi connectivity index (χ1) is 9.10. The normalized spacial score (nSPS) is 12.2. The highest BCUT2D eigenvalue weighted by Crippen LogP contribution is 2.22. The van der Waals surface area contributed by atoms with Crippen molar-refractivity contribution in [3.63, 3.8) is 0 Å². The van der Waals surface area contributed by atoms with Gasteiger partial charge in [0.2, 0.25) is 0 Å². The summed E-state index contributed by atoms with van der Waals surface area (Å²) in [7, 11) is 0. The van der Waals surface area contributed by atoms with Gasteiger partial charge in [-0.3, -0.25) is 4.79 Å². The number of aryl methyl sites for hydroxylation is 1. The van der Waals surface area contributed by atoms with Crippen LogP contribution in [-0.2, 0) is 5.33 Å². The van der Waals surface area contributed by atoms with E-state index in [1.165, 1.54) is 15.3 Å². The van der Waals surface area contributed by atoms with E-state index in [-0.39, 0.29) is 11.9 Å². The van der Waals surface area contributed by atoms with Gasteiger partial charge in [-0.15, -0.1) is 11.3 Å². The predicted molar refractivity (Wildman–Crippen MR) is 84.0 cm³/mol. The van der Waals surface area contributed by atoms with E-state index in [0.717, 1.165) is 5.33 Å². The second kappa shape index (κ2) is 6.35. The second-order valence-corrected chi connectivity index (χ2v) is 6.35. The van der Waals surface area contributed by atoms with E-state index in [4.69, 9.17) is 0 Å². The molecule has 1 unspecified atom stereocenters. The average Bonchev–Trinajstić information content (AvgIpc) is 2.85. The SMILES string of the molecule is Cc1ccc(C(C)NC(=O)c2ccc(CBr)cc2)s1. The fraction of sp³-hybridized carbons (Fsp3) is 0.267. The number of hydrogen-bond donors (Lipinski definition) is 1. The summed E-state index contributed by atoms with van der Waals surface area (Å²) < 4.78 is 0. The van der Waals surface area contributed by atoms with E-state index in [2.05, 4.69) is 40.3 Å². The largest absolute Gasteiger partial charge is 0.345 e. The van der Waals surface area contributed by atoms with E-state index >= 15 is 0 Å². The second-order valence-electron chi connectivity index (χ2n) is 4.47. The van der Waals surface area contributed by atoms with E-state index in [9.17, 15) is 4.79 Å². The Balaban J connectivity index is 2.03. The highest BCUT2D eigenvalue weighted by Gasteiger charge is 2.12. The summed E-state index contributed by atoms with van der Waals surface area (Å²) in [5.41, 5.74) is 1.86. The van der Waals surface area contributed by atoms with Crippen LogP contribution < -0.4 is 5.32 Å². The third-order valence-electron chi connectivity index (χ3n) is 2.91. The molecule has 1 atom stereocenters. The van der Waals surface area contributed by atoms with Crippen molar-refractivity contribution < 1.29 is 4.79 Å². The minimum absolute atomic E-state index is 0.0281. The number of amides is 1. The van der Waals surface area contributed by atoms with Crippen LogP contribution in [-0.4, -0.2) is 5.91 Å². The molecular weight excluding hydrogens is 322 g/mol. The lowest BCUT2D eigenvalue weighted by Gasteiger charge is -2.12. The van der Waals surface area contributed by atoms with Crippen molar-refractivity contribution in [2.75, 3.05) is 0 Å². The van der Waals surface area contributed by atoms with E-state index in [1.807, 2.05) is 31.2 Å². The molecular formula is C15H16BrNOS. The molecule has 1 amide bonds. The number of hydrogen-bond acceptors (Lipinski definition) is 2. The molecule has 100 valence electrons. The lowest BCUT2D eigenvalue weighted by Crippen LogP contribution is -2.26. The molecule has 0 fully saturated rings. The third-order valence-corrected chi connectivity index (χ3v) is 4.74. The molecule has 2 rings (SSSR count). The quantitative estimate of drug-likeness (QED) is 0.821. The summed E-state index contributed by atoms with van der Waals surface area (Å²) >= 11 is 5.11. The molecule has 0 aliphatic carbocycles. The van der Waals surface area contributed by atoms with Gasteiger partial charge in [-0.25, -0.2) is 0 Å². The van der Waals surface area contributed by atoms with Crippen LogP contribution in [0.15, 0.2) is 36.4 Å². The summed E-state index contributed by atoms with van der Waals surface area (Å²) in [5.74, 6) is -0.0281. The van der Waals surface area contributed by atoms with Gasteiger partial charge in [-0.1, -0.05) is 28.1 Å². The fourth-order valence-electron chi connectivity index (χ4n) is 1.78. The molecule has 0 aliphatic heterocycles. The van der Waals surface area contributed by atoms with Crippen LogP contribution in [0.3, 0.4) is 0 Å². The summed E-state index contributed by atoms with van der Waals surface area (Å²) in [4.78, 5) is 14.6. The minimum atomic E-state index is -0.0281. The summed E-state index contributed by atoms with van der Waals surface area (Å²) in [5, 5.41) is 3.83. The average molecular weight is 338 g/mol. The molecule has 0 saturated carbocycles. The maximum atomic E-state index is 12.1. The molecule has 1 N–H and O–H groups in total. The monoisotopic (exact) mass is 337 g/mol. The molecule has 0 aliphatic rings. The highest BCUT2D eigenvalue weighted by molar-refractivity contribution is 9.08. The van der Waals surface area contributed by atoms with Gasteiger partial charge in [0.25, 0.3) is 5.91 Å². The zero-order valence-electron chi connectivity index (χ0n) is 10.9. The first kappa shape index (κ1) is 14.3. The first-order valence-corrected chi connectivity index (χ1v) is 8.06. The van der Waals surface area contributed by atoms with Crippen LogP contribution in [0.2, 0.25) is 0 Å². The first-order valence-electron chi connectivity index (χ1n) is 6.12. The number of thiophene rings is 1. The zero-order chi connectivity index (χ0) is 13.8. The van der Waals surface area contributed by atoms with Gasteiger partial charge in [-0.2, -0.15) is 0 Å². The van der Waals surface area contributed by atoms with Crippen LogP contribution in [0.1, 0.15) is 38.6 Å². The number of carbonyl (C=O) groups is 1. The number of carbonyl (C=O) groups excluding carboxylic acids is 1. The minimum Gasteiger partial charge on any atom is -0.345 e. The molecule has 2 nitrogen and oxygen atoms in total. The molecule has 4 heteroatoms. The number of alkyl halides is 1. The van der Waals surface area contributed by atoms with Gasteiger partial charge >= 0.3 is 0 Å². The number of nitrogens with one attached hydrogen (secondary N) is 1. The summed E-state index contributed by atoms with van der Waals surface area (Å²) in [6.07, 6.45) is 0. The standard InChI is InChI=1S/C15H16BrNOS/c1-10-3-8-14(19-10)11(2)17-15(18)13-6-4-12(9-16)5-7-13/h3-8,11H,9H2,1-2H3,(H,17,18). The van der Waals surface area contributed by atoms with Crippen molar-refractivity contribution in [3.8, 4) is 0 Å². The smallest absolute Gasteiger partial charge is 0.251 e. The van der Waals surface area contributed by atoms with Crippen LogP contribution in [0.25, 0.3) is 0 Å². The van der Waals surface area contributed by atoms with Gasteiger partial charge in [0.05, 0.1) is 6.04 Å². The highest BCUT2D eigenvalue weighted by atomic mass is 79.9. The molecule has 0 saturated heterocycles. The van der Waals surface area contributed by atoms with Gasteiger partial charge in [-0.05, 0) is 43.7 Å². The topological polar surface area (TPSA) is 29.1 Å². The summed E-state index contributed by atoms with van der Waals surface area (Å²) in [6, 6.07) is 11.8. The van der Waals surface area contributed by atoms with Crippen LogP contribution >= 0.6 is 27.3 Å². The summed E-state index contributed by atoms with van der Waals surface area (Å²) in [6.45, 7) is 4.08.